The number of hydrogen-bond donors (Lipinski definition) is 0. The topological polar surface area (TPSA) is 63.5 Å². The third-order valence-corrected chi connectivity index (χ3v) is 17.1. The molecule has 17 rings (SSSR count). The van der Waals surface area contributed by atoms with Crippen LogP contribution in [0.1, 0.15) is 52.7 Å². The van der Waals surface area contributed by atoms with Crippen molar-refractivity contribution in [1.29, 1.82) is 0 Å². The quantitative estimate of drug-likeness (QED) is 0.165. The number of anilines is 6. The first-order valence-corrected chi connectivity index (χ1v) is 28.0. The first-order valence-electron chi connectivity index (χ1n) is 28.0. The molecule has 0 saturated heterocycles. The zero-order valence-corrected chi connectivity index (χ0v) is 45.7. The second-order valence-electron chi connectivity index (χ2n) is 24.0. The number of hydrogen-bond acceptors (Lipinski definition) is 6. The Morgan fingerprint density at radius 3 is 1.40 bits per heavy atom. The highest BCUT2D eigenvalue weighted by Gasteiger charge is 2.33. The minimum Gasteiger partial charge on any atom is -0.456 e. The van der Waals surface area contributed by atoms with Gasteiger partial charge in [-0.2, -0.15) is 0 Å². The van der Waals surface area contributed by atoms with Gasteiger partial charge in [0.05, 0.1) is 22.6 Å². The number of nitrogens with zero attached hydrogens (tertiary/aromatic N) is 3. The number of rotatable bonds is 6. The van der Waals surface area contributed by atoms with E-state index in [4.69, 9.17) is 17.7 Å². The molecule has 0 radical (unpaired) electrons. The number of fused-ring (bicyclic) bond motifs is 20. The molecular weight excluding hydrogens is 995 g/mol. The van der Waals surface area contributed by atoms with Crippen LogP contribution in [-0.2, 0) is 10.8 Å². The maximum atomic E-state index is 7.26. The van der Waals surface area contributed by atoms with E-state index in [0.717, 1.165) is 160 Å². The minimum atomic E-state index is -0.141. The Morgan fingerprint density at radius 2 is 0.765 bits per heavy atom. The molecule has 0 fully saturated rings. The maximum absolute atomic E-state index is 7.26. The van der Waals surface area contributed by atoms with E-state index in [-0.39, 0.29) is 10.8 Å². The van der Waals surface area contributed by atoms with Crippen LogP contribution in [0.15, 0.2) is 230 Å². The molecular formula is C74H53N3O4. The van der Waals surface area contributed by atoms with Gasteiger partial charge in [-0.1, -0.05) is 175 Å². The molecule has 0 unspecified atom stereocenters. The third-order valence-electron chi connectivity index (χ3n) is 17.1. The number of benzene rings is 11. The monoisotopic (exact) mass is 1050 g/mol. The van der Waals surface area contributed by atoms with Gasteiger partial charge in [-0.15, -0.1) is 0 Å². The molecule has 7 heteroatoms. The van der Waals surface area contributed by atoms with E-state index in [1.807, 2.05) is 0 Å². The van der Waals surface area contributed by atoms with Crippen LogP contribution in [0.4, 0.5) is 34.1 Å². The molecule has 0 amide bonds. The summed E-state index contributed by atoms with van der Waals surface area (Å²) in [5.41, 5.74) is 17.9. The fourth-order valence-electron chi connectivity index (χ4n) is 13.6. The average Bonchev–Trinajstić information content (AvgIpc) is 2.11. The number of para-hydroxylation sites is 7. The third kappa shape index (κ3) is 6.40. The second-order valence-corrected chi connectivity index (χ2v) is 24.0. The molecule has 81 heavy (non-hydrogen) atoms. The van der Waals surface area contributed by atoms with Crippen LogP contribution in [0.5, 0.6) is 0 Å². The van der Waals surface area contributed by atoms with Crippen molar-refractivity contribution in [1.82, 2.24) is 4.40 Å². The van der Waals surface area contributed by atoms with Crippen molar-refractivity contribution in [3.63, 3.8) is 0 Å². The Kier molecular flexibility index (Phi) is 9.26. The molecule has 0 bridgehead atoms. The molecule has 0 aliphatic carbocycles. The minimum absolute atomic E-state index is 0.116. The van der Waals surface area contributed by atoms with Crippen molar-refractivity contribution >= 4 is 160 Å². The molecule has 7 nitrogen and oxygen atoms in total. The van der Waals surface area contributed by atoms with Gasteiger partial charge >= 0.3 is 0 Å². The Hall–Kier alpha value is -9.98. The molecule has 17 aromatic rings. The van der Waals surface area contributed by atoms with Crippen LogP contribution in [0, 0.1) is 0 Å². The normalized spacial score (nSPS) is 12.8. The summed E-state index contributed by atoms with van der Waals surface area (Å²) in [5, 5.41) is 12.8. The van der Waals surface area contributed by atoms with E-state index in [2.05, 4.69) is 268 Å². The van der Waals surface area contributed by atoms with Gasteiger partial charge in [0.1, 0.15) is 38.9 Å². The van der Waals surface area contributed by atoms with Crippen molar-refractivity contribution in [3.8, 4) is 0 Å². The Balaban J connectivity index is 1.05. The van der Waals surface area contributed by atoms with Gasteiger partial charge in [0, 0.05) is 87.3 Å². The summed E-state index contributed by atoms with van der Waals surface area (Å²) in [6.07, 6.45) is 0. The lowest BCUT2D eigenvalue weighted by atomic mass is 9.84. The summed E-state index contributed by atoms with van der Waals surface area (Å²) in [5.74, 6) is 0. The number of furan rings is 4. The highest BCUT2D eigenvalue weighted by Crippen LogP contribution is 2.56. The lowest BCUT2D eigenvalue weighted by Crippen LogP contribution is -2.11. The Morgan fingerprint density at radius 1 is 0.284 bits per heavy atom. The molecule has 388 valence electrons. The maximum Gasteiger partial charge on any atom is 0.160 e. The highest BCUT2D eigenvalue weighted by atomic mass is 16.3. The SMILES string of the molecule is CC(C)(C)c1cccc2c1oc1c(N(c3ccccc3)c3cc4c5ccccc5oc4c4c3c3cccc5c6c(N(c7ccccc7)c7ccc8oc9cccc(C(C)(C)C)c9c8c7)cc7c8ccccc8oc7c6n4c53)cccc12. The first-order chi connectivity index (χ1) is 39.5. The van der Waals surface area contributed by atoms with E-state index >= 15 is 0 Å². The lowest BCUT2D eigenvalue weighted by Gasteiger charge is -2.27. The standard InChI is InChI=1S/C74H53N3O4/c1-73(2,3)54-31-20-36-62-63(54)53-39-44(37-38-61(53)78-62)75(42-21-9-7-10-22-42)57-40-51-45-25-13-15-34-59(45)79-71(51)67-64(57)49-29-17-30-50-65-58(41-52-46-26-14-16-35-60(46)80-72(52)68(65)77(67)66(49)50)76(43-23-11-8-12-24-43)56-33-19-28-48-47-27-18-32-55(74(4,5)6)69(47)81-70(48)56/h7-41H,1-6H3. The molecule has 0 atom stereocenters. The molecule has 11 aromatic carbocycles. The van der Waals surface area contributed by atoms with Crippen LogP contribution >= 0.6 is 0 Å². The van der Waals surface area contributed by atoms with E-state index in [0.29, 0.717) is 0 Å². The fraction of sp³-hybridized carbons (Fsp3) is 0.108. The zero-order chi connectivity index (χ0) is 54.2. The average molecular weight is 1050 g/mol. The van der Waals surface area contributed by atoms with Gasteiger partial charge in [0.2, 0.25) is 0 Å². The zero-order valence-electron chi connectivity index (χ0n) is 45.7. The Labute approximate surface area is 465 Å². The molecule has 0 N–H and O–H groups in total. The summed E-state index contributed by atoms with van der Waals surface area (Å²) >= 11 is 0. The van der Waals surface area contributed by atoms with Gasteiger partial charge in [0.15, 0.2) is 16.7 Å². The van der Waals surface area contributed by atoms with Crippen LogP contribution in [0.25, 0.3) is 126 Å². The molecule has 0 saturated carbocycles. The van der Waals surface area contributed by atoms with Crippen molar-refractivity contribution in [3.05, 3.63) is 223 Å². The largest absolute Gasteiger partial charge is 0.456 e. The van der Waals surface area contributed by atoms with Crippen LogP contribution < -0.4 is 9.80 Å². The van der Waals surface area contributed by atoms with Gasteiger partial charge in [-0.25, -0.2) is 0 Å². The van der Waals surface area contributed by atoms with Gasteiger partial charge in [0.25, 0.3) is 0 Å². The molecule has 6 aromatic heterocycles. The number of aromatic nitrogens is 1. The molecule has 0 aliphatic rings. The van der Waals surface area contributed by atoms with Crippen molar-refractivity contribution in [2.75, 3.05) is 9.80 Å². The predicted octanol–water partition coefficient (Wildman–Crippen LogP) is 22.0. The highest BCUT2D eigenvalue weighted by molar-refractivity contribution is 6.36. The van der Waals surface area contributed by atoms with Gasteiger partial charge < -0.3 is 31.9 Å². The summed E-state index contributed by atoms with van der Waals surface area (Å²) in [6, 6.07) is 76.1. The van der Waals surface area contributed by atoms with Crippen molar-refractivity contribution < 1.29 is 17.7 Å². The molecule has 0 spiro atoms. The van der Waals surface area contributed by atoms with E-state index < -0.39 is 0 Å². The van der Waals surface area contributed by atoms with E-state index in [9.17, 15) is 0 Å². The van der Waals surface area contributed by atoms with Crippen molar-refractivity contribution in [2.24, 2.45) is 0 Å². The van der Waals surface area contributed by atoms with Gasteiger partial charge in [-0.3, -0.25) is 0 Å². The Bertz CT molecular complexity index is 5450. The van der Waals surface area contributed by atoms with Crippen LogP contribution in [-0.4, -0.2) is 4.40 Å². The molecule has 0 aliphatic heterocycles. The summed E-state index contributed by atoms with van der Waals surface area (Å²) in [4.78, 5) is 4.85. The van der Waals surface area contributed by atoms with Crippen LogP contribution in [0.2, 0.25) is 0 Å². The second kappa shape index (κ2) is 16.3. The molecule has 6 heterocycles. The predicted molar refractivity (Wildman–Crippen MR) is 337 cm³/mol. The smallest absolute Gasteiger partial charge is 0.160 e. The summed E-state index contributed by atoms with van der Waals surface area (Å²) in [7, 11) is 0. The summed E-state index contributed by atoms with van der Waals surface area (Å²) in [6.45, 7) is 13.6. The van der Waals surface area contributed by atoms with E-state index in [1.54, 1.807) is 0 Å². The van der Waals surface area contributed by atoms with Crippen molar-refractivity contribution in [2.45, 2.75) is 52.4 Å². The van der Waals surface area contributed by atoms with E-state index in [1.165, 1.54) is 11.1 Å². The fourth-order valence-corrected chi connectivity index (χ4v) is 13.6. The summed E-state index contributed by atoms with van der Waals surface area (Å²) < 4.78 is 30.9. The lowest BCUT2D eigenvalue weighted by molar-refractivity contribution is 0.573. The first kappa shape index (κ1) is 46.0. The van der Waals surface area contributed by atoms with Crippen LogP contribution in [0.3, 0.4) is 0 Å². The van der Waals surface area contributed by atoms with Gasteiger partial charge in [-0.05, 0) is 95.3 Å².